The molecule has 1 aromatic heterocycles. The second kappa shape index (κ2) is 7.38. The zero-order valence-electron chi connectivity index (χ0n) is 12.8. The number of aryl methyl sites for hydroxylation is 1. The molecule has 0 saturated carbocycles. The Morgan fingerprint density at radius 3 is 2.76 bits per heavy atom. The van der Waals surface area contributed by atoms with Crippen molar-refractivity contribution in [1.82, 2.24) is 4.98 Å². The molecule has 21 heavy (non-hydrogen) atoms. The molecule has 2 N–H and O–H groups in total. The summed E-state index contributed by atoms with van der Waals surface area (Å²) < 4.78 is 1.11. The first kappa shape index (κ1) is 16.5. The lowest BCUT2D eigenvalue weighted by atomic mass is 10.0. The minimum absolute atomic E-state index is 0.235. The van der Waals surface area contributed by atoms with Gasteiger partial charge >= 0.3 is 0 Å². The summed E-state index contributed by atoms with van der Waals surface area (Å²) in [5.41, 5.74) is 9.59. The Balaban J connectivity index is 2.09. The van der Waals surface area contributed by atoms with Gasteiger partial charge in [-0.2, -0.15) is 0 Å². The molecule has 1 aromatic carbocycles. The number of benzene rings is 1. The van der Waals surface area contributed by atoms with Crippen LogP contribution >= 0.6 is 27.3 Å². The summed E-state index contributed by atoms with van der Waals surface area (Å²) >= 11 is 5.37. The van der Waals surface area contributed by atoms with Crippen LogP contribution in [-0.2, 0) is 13.0 Å². The lowest BCUT2D eigenvalue weighted by Crippen LogP contribution is -2.21. The first-order valence-electron chi connectivity index (χ1n) is 7.15. The summed E-state index contributed by atoms with van der Waals surface area (Å²) in [6, 6.07) is 6.73. The molecule has 0 fully saturated rings. The van der Waals surface area contributed by atoms with Crippen molar-refractivity contribution in [2.24, 2.45) is 5.73 Å². The van der Waals surface area contributed by atoms with Gasteiger partial charge in [0.1, 0.15) is 0 Å². The average molecular weight is 368 g/mol. The largest absolute Gasteiger partial charge is 0.368 e. The highest BCUT2D eigenvalue weighted by molar-refractivity contribution is 9.10. The van der Waals surface area contributed by atoms with E-state index in [2.05, 4.69) is 63.4 Å². The van der Waals surface area contributed by atoms with E-state index in [9.17, 15) is 0 Å². The van der Waals surface area contributed by atoms with E-state index >= 15 is 0 Å². The zero-order valence-corrected chi connectivity index (χ0v) is 15.2. The highest BCUT2D eigenvalue weighted by atomic mass is 79.9. The van der Waals surface area contributed by atoms with E-state index in [0.717, 1.165) is 34.6 Å². The second-order valence-electron chi connectivity index (χ2n) is 5.37. The van der Waals surface area contributed by atoms with E-state index in [-0.39, 0.29) is 6.04 Å². The van der Waals surface area contributed by atoms with Gasteiger partial charge in [0, 0.05) is 22.9 Å². The maximum absolute atomic E-state index is 6.02. The number of nitrogens with two attached hydrogens (primary N) is 1. The van der Waals surface area contributed by atoms with Crippen LogP contribution in [0.3, 0.4) is 0 Å². The van der Waals surface area contributed by atoms with Crippen molar-refractivity contribution in [2.75, 3.05) is 11.9 Å². The summed E-state index contributed by atoms with van der Waals surface area (Å²) in [7, 11) is 2.09. The molecule has 0 aliphatic carbocycles. The lowest BCUT2D eigenvalue weighted by molar-refractivity contribution is 0.646. The van der Waals surface area contributed by atoms with Gasteiger partial charge < -0.3 is 10.6 Å². The van der Waals surface area contributed by atoms with Crippen LogP contribution in [0.1, 0.15) is 29.6 Å². The number of halogens is 1. The Bertz CT molecular complexity index is 597. The molecule has 0 spiro atoms. The first-order valence-corrected chi connectivity index (χ1v) is 8.83. The van der Waals surface area contributed by atoms with Gasteiger partial charge in [0.05, 0.1) is 22.9 Å². The fraction of sp³-hybridized carbons (Fsp3) is 0.438. The summed E-state index contributed by atoms with van der Waals surface area (Å²) in [6.07, 6.45) is 1.92. The van der Waals surface area contributed by atoms with Crippen LogP contribution in [0.15, 0.2) is 28.1 Å². The number of hydrogen-bond donors (Lipinski definition) is 1. The van der Waals surface area contributed by atoms with E-state index in [0.29, 0.717) is 0 Å². The Kier molecular flexibility index (Phi) is 5.79. The van der Waals surface area contributed by atoms with Crippen LogP contribution in [0.25, 0.3) is 0 Å². The molecule has 0 aliphatic rings. The van der Waals surface area contributed by atoms with Crippen LogP contribution < -0.4 is 10.6 Å². The van der Waals surface area contributed by atoms with Gasteiger partial charge in [-0.15, -0.1) is 11.3 Å². The highest BCUT2D eigenvalue weighted by Gasteiger charge is 2.10. The quantitative estimate of drug-likeness (QED) is 0.834. The molecule has 0 bridgehead atoms. The molecule has 0 saturated heterocycles. The molecular formula is C16H22BrN3S. The SMILES string of the molecule is CCC(N)Cc1ccc(N(C)Cc2csc(C)n2)c(Br)c1. The standard InChI is InChI=1S/C16H22BrN3S/c1-4-13(18)7-12-5-6-16(15(17)8-12)20(3)9-14-10-21-11(2)19-14/h5-6,8,10,13H,4,7,9,18H2,1-3H3. The normalized spacial score (nSPS) is 12.4. The van der Waals surface area contributed by atoms with Crippen molar-refractivity contribution in [3.05, 3.63) is 44.3 Å². The maximum atomic E-state index is 6.02. The molecule has 114 valence electrons. The van der Waals surface area contributed by atoms with Crippen LogP contribution in [0.5, 0.6) is 0 Å². The van der Waals surface area contributed by atoms with E-state index in [1.807, 2.05) is 6.92 Å². The Morgan fingerprint density at radius 2 is 2.19 bits per heavy atom. The van der Waals surface area contributed by atoms with Crippen LogP contribution in [0, 0.1) is 6.92 Å². The summed E-state index contributed by atoms with van der Waals surface area (Å²) in [5.74, 6) is 0. The third kappa shape index (κ3) is 4.53. The monoisotopic (exact) mass is 367 g/mol. The molecule has 2 aromatic rings. The molecule has 1 unspecified atom stereocenters. The molecule has 0 radical (unpaired) electrons. The van der Waals surface area contributed by atoms with Gasteiger partial charge in [-0.3, -0.25) is 0 Å². The van der Waals surface area contributed by atoms with Crippen LogP contribution in [0.4, 0.5) is 5.69 Å². The Labute approximate surface area is 139 Å². The van der Waals surface area contributed by atoms with E-state index in [4.69, 9.17) is 5.73 Å². The van der Waals surface area contributed by atoms with Gasteiger partial charge in [-0.1, -0.05) is 13.0 Å². The molecular weight excluding hydrogens is 346 g/mol. The van der Waals surface area contributed by atoms with Crippen LogP contribution in [-0.4, -0.2) is 18.1 Å². The van der Waals surface area contributed by atoms with Gasteiger partial charge in [-0.25, -0.2) is 4.98 Å². The fourth-order valence-electron chi connectivity index (χ4n) is 2.24. The summed E-state index contributed by atoms with van der Waals surface area (Å²) in [4.78, 5) is 6.73. The number of nitrogens with zero attached hydrogens (tertiary/aromatic N) is 2. The molecule has 0 amide bonds. The average Bonchev–Trinajstić information content (AvgIpc) is 2.83. The second-order valence-corrected chi connectivity index (χ2v) is 7.29. The van der Waals surface area contributed by atoms with Crippen molar-refractivity contribution in [2.45, 2.75) is 39.3 Å². The fourth-order valence-corrected chi connectivity index (χ4v) is 3.58. The van der Waals surface area contributed by atoms with Gasteiger partial charge in [0.15, 0.2) is 0 Å². The topological polar surface area (TPSA) is 42.1 Å². The lowest BCUT2D eigenvalue weighted by Gasteiger charge is -2.20. The number of aromatic nitrogens is 1. The van der Waals surface area contributed by atoms with E-state index < -0.39 is 0 Å². The third-order valence-electron chi connectivity index (χ3n) is 3.51. The van der Waals surface area contributed by atoms with Crippen molar-refractivity contribution < 1.29 is 0 Å². The van der Waals surface area contributed by atoms with E-state index in [1.54, 1.807) is 11.3 Å². The van der Waals surface area contributed by atoms with Crippen molar-refractivity contribution in [3.63, 3.8) is 0 Å². The minimum atomic E-state index is 0.235. The molecule has 1 atom stereocenters. The molecule has 3 nitrogen and oxygen atoms in total. The molecule has 5 heteroatoms. The molecule has 2 rings (SSSR count). The predicted octanol–water partition coefficient (Wildman–Crippen LogP) is 4.13. The van der Waals surface area contributed by atoms with Gasteiger partial charge in [0.25, 0.3) is 0 Å². The molecule has 0 aliphatic heterocycles. The van der Waals surface area contributed by atoms with Crippen molar-refractivity contribution in [1.29, 1.82) is 0 Å². The Hall–Kier alpha value is -0.910. The van der Waals surface area contributed by atoms with E-state index in [1.165, 1.54) is 11.3 Å². The van der Waals surface area contributed by atoms with Crippen LogP contribution in [0.2, 0.25) is 0 Å². The number of thiazole rings is 1. The number of hydrogen-bond acceptors (Lipinski definition) is 4. The third-order valence-corrected chi connectivity index (χ3v) is 4.97. The molecule has 1 heterocycles. The minimum Gasteiger partial charge on any atom is -0.368 e. The zero-order chi connectivity index (χ0) is 15.4. The highest BCUT2D eigenvalue weighted by Crippen LogP contribution is 2.28. The summed E-state index contributed by atoms with van der Waals surface area (Å²) in [6.45, 7) is 4.98. The smallest absolute Gasteiger partial charge is 0.0898 e. The predicted molar refractivity (Wildman–Crippen MR) is 95.1 cm³/mol. The first-order chi connectivity index (χ1) is 9.99. The van der Waals surface area contributed by atoms with Gasteiger partial charge in [-0.05, 0) is 53.4 Å². The van der Waals surface area contributed by atoms with Gasteiger partial charge in [0.2, 0.25) is 0 Å². The van der Waals surface area contributed by atoms with Crippen molar-refractivity contribution >= 4 is 33.0 Å². The number of anilines is 1. The van der Waals surface area contributed by atoms with Crippen molar-refractivity contribution in [3.8, 4) is 0 Å². The Morgan fingerprint density at radius 1 is 1.43 bits per heavy atom. The number of rotatable bonds is 6. The maximum Gasteiger partial charge on any atom is 0.0898 e. The summed E-state index contributed by atoms with van der Waals surface area (Å²) in [5, 5.41) is 3.23.